The van der Waals surface area contributed by atoms with Crippen LogP contribution in [0.1, 0.15) is 37.3 Å². The lowest BCUT2D eigenvalue weighted by Gasteiger charge is -2.39. The Morgan fingerprint density at radius 1 is 0.818 bits per heavy atom. The van der Waals surface area contributed by atoms with Gasteiger partial charge < -0.3 is 25.8 Å². The quantitative estimate of drug-likeness (QED) is 0.148. The van der Waals surface area contributed by atoms with Crippen LogP contribution in [0, 0.1) is 0 Å². The van der Waals surface area contributed by atoms with Crippen molar-refractivity contribution in [3.8, 4) is 0 Å². The standard InChI is InChI=1S/C31H24ClN5O7/c32-29-35-26(33)20-27(36-29)37(16-34-20)28-31(43,24(41)19-14-8-3-9-15-19)30(42,23(40)18-12-6-2-7-13-18)25(44-28)22(39)21(38)17-10-4-1-5-11-17/h1-16,22,25,28,39,42-43H,(H2,33,35,36)/t22?,25-,28-,30-,31+/m1/s1. The highest BCUT2D eigenvalue weighted by atomic mass is 35.5. The number of Topliss-reactive ketones (excluding diaryl/α,β-unsaturated/α-hetero) is 3. The summed E-state index contributed by atoms with van der Waals surface area (Å²) < 4.78 is 7.13. The van der Waals surface area contributed by atoms with E-state index in [2.05, 4.69) is 15.0 Å². The van der Waals surface area contributed by atoms with Crippen LogP contribution in [-0.4, -0.2) is 75.6 Å². The predicted octanol–water partition coefficient (Wildman–Crippen LogP) is 2.43. The SMILES string of the molecule is Nc1nc(Cl)nc2c1ncn2[C@@H]1O[C@H](C(O)C(=O)c2ccccc2)[C@](O)(C(=O)c2ccccc2)[C@]1(O)C(=O)c1ccccc1. The first-order chi connectivity index (χ1) is 21.1. The second-order valence-electron chi connectivity index (χ2n) is 10.2. The Kier molecular flexibility index (Phi) is 7.32. The highest BCUT2D eigenvalue weighted by Gasteiger charge is 2.75. The van der Waals surface area contributed by atoms with Crippen molar-refractivity contribution in [1.29, 1.82) is 0 Å². The van der Waals surface area contributed by atoms with Gasteiger partial charge in [-0.1, -0.05) is 91.0 Å². The predicted molar refractivity (Wildman–Crippen MR) is 157 cm³/mol. The minimum atomic E-state index is -3.26. The molecule has 5 aromatic rings. The molecule has 0 radical (unpaired) electrons. The van der Waals surface area contributed by atoms with Crippen LogP contribution in [-0.2, 0) is 4.74 Å². The molecule has 44 heavy (non-hydrogen) atoms. The summed E-state index contributed by atoms with van der Waals surface area (Å²) in [6.07, 6.45) is -5.32. The zero-order valence-corrected chi connectivity index (χ0v) is 23.4. The third-order valence-corrected chi connectivity index (χ3v) is 7.85. The number of aliphatic hydroxyl groups excluding tert-OH is 1. The van der Waals surface area contributed by atoms with Crippen molar-refractivity contribution in [1.82, 2.24) is 19.5 Å². The van der Waals surface area contributed by atoms with Crippen molar-refractivity contribution in [3.05, 3.63) is 119 Å². The van der Waals surface area contributed by atoms with Crippen molar-refractivity contribution in [2.75, 3.05) is 5.73 Å². The highest BCUT2D eigenvalue weighted by Crippen LogP contribution is 2.51. The molecular weight excluding hydrogens is 590 g/mol. The fourth-order valence-corrected chi connectivity index (χ4v) is 5.68. The maximum atomic E-state index is 14.4. The molecule has 5 N–H and O–H groups in total. The number of carbonyl (C=O) groups excluding carboxylic acids is 3. The number of nitrogens with zero attached hydrogens (tertiary/aromatic N) is 4. The summed E-state index contributed by atoms with van der Waals surface area (Å²) in [6, 6.07) is 22.3. The van der Waals surface area contributed by atoms with E-state index in [1.54, 1.807) is 30.3 Å². The third kappa shape index (κ3) is 4.39. The van der Waals surface area contributed by atoms with E-state index >= 15 is 0 Å². The number of aromatic nitrogens is 4. The van der Waals surface area contributed by atoms with Crippen molar-refractivity contribution >= 4 is 45.9 Å². The summed E-state index contributed by atoms with van der Waals surface area (Å²) in [5.41, 5.74) is -0.793. The smallest absolute Gasteiger partial charge is 0.226 e. The number of nitrogen functional groups attached to an aromatic ring is 1. The Hall–Kier alpha value is -4.85. The number of rotatable bonds is 8. The largest absolute Gasteiger partial charge is 0.382 e. The second-order valence-corrected chi connectivity index (χ2v) is 10.5. The number of nitrogens with two attached hydrogens (primary N) is 1. The summed E-state index contributed by atoms with van der Waals surface area (Å²) in [4.78, 5) is 54.4. The molecule has 1 saturated heterocycles. The number of hydrogen-bond acceptors (Lipinski definition) is 11. The van der Waals surface area contributed by atoms with Crippen LogP contribution >= 0.6 is 11.6 Å². The molecule has 0 amide bonds. The molecule has 1 unspecified atom stereocenters. The molecule has 3 heterocycles. The van der Waals surface area contributed by atoms with E-state index in [9.17, 15) is 29.7 Å². The summed E-state index contributed by atoms with van der Waals surface area (Å²) in [7, 11) is 0. The topological polar surface area (TPSA) is 191 Å². The minimum Gasteiger partial charge on any atom is -0.382 e. The van der Waals surface area contributed by atoms with Crippen LogP contribution in [0.4, 0.5) is 5.82 Å². The number of hydrogen-bond donors (Lipinski definition) is 4. The van der Waals surface area contributed by atoms with Gasteiger partial charge in [0.2, 0.25) is 22.5 Å². The summed E-state index contributed by atoms with van der Waals surface area (Å²) >= 11 is 6.06. The number of ketones is 3. The Labute approximate surface area is 254 Å². The molecule has 12 nitrogen and oxygen atoms in total. The van der Waals surface area contributed by atoms with Gasteiger partial charge in [-0.15, -0.1) is 0 Å². The fraction of sp³-hybridized carbons (Fsp3) is 0.161. The number of ether oxygens (including phenoxy) is 1. The Morgan fingerprint density at radius 3 is 1.86 bits per heavy atom. The van der Waals surface area contributed by atoms with Crippen LogP contribution in [0.15, 0.2) is 97.3 Å². The zero-order valence-electron chi connectivity index (χ0n) is 22.7. The van der Waals surface area contributed by atoms with E-state index in [1.165, 1.54) is 60.7 Å². The van der Waals surface area contributed by atoms with Crippen LogP contribution in [0.5, 0.6) is 0 Å². The van der Waals surface area contributed by atoms with E-state index in [0.29, 0.717) is 0 Å². The summed E-state index contributed by atoms with van der Waals surface area (Å²) in [6.45, 7) is 0. The maximum Gasteiger partial charge on any atom is 0.226 e. The molecule has 3 aromatic carbocycles. The number of imidazole rings is 1. The third-order valence-electron chi connectivity index (χ3n) is 7.68. The van der Waals surface area contributed by atoms with E-state index in [0.717, 1.165) is 10.9 Å². The molecule has 0 aliphatic carbocycles. The first-order valence-electron chi connectivity index (χ1n) is 13.3. The van der Waals surface area contributed by atoms with Gasteiger partial charge in [0.1, 0.15) is 17.7 Å². The highest BCUT2D eigenvalue weighted by molar-refractivity contribution is 6.28. The molecule has 2 aromatic heterocycles. The minimum absolute atomic E-state index is 0.00907. The lowest BCUT2D eigenvalue weighted by atomic mass is 9.69. The van der Waals surface area contributed by atoms with Crippen LogP contribution in [0.3, 0.4) is 0 Å². The number of fused-ring (bicyclic) bond motifs is 1. The molecule has 1 aliphatic heterocycles. The average Bonchev–Trinajstić information content (AvgIpc) is 3.57. The number of carbonyl (C=O) groups is 3. The van der Waals surface area contributed by atoms with E-state index < -0.39 is 47.0 Å². The van der Waals surface area contributed by atoms with E-state index in [-0.39, 0.29) is 39.0 Å². The molecule has 13 heteroatoms. The normalized spacial score (nSPS) is 23.8. The van der Waals surface area contributed by atoms with Crippen LogP contribution < -0.4 is 5.73 Å². The molecule has 6 rings (SSSR count). The first kappa shape index (κ1) is 29.2. The Balaban J connectivity index is 1.62. The summed E-state index contributed by atoms with van der Waals surface area (Å²) in [5, 5.41) is 36.4. The average molecular weight is 614 g/mol. The van der Waals surface area contributed by atoms with Crippen LogP contribution in [0.25, 0.3) is 11.2 Å². The van der Waals surface area contributed by atoms with Gasteiger partial charge in [0.05, 0.1) is 6.33 Å². The lowest BCUT2D eigenvalue weighted by Crippen LogP contribution is -2.68. The van der Waals surface area contributed by atoms with Gasteiger partial charge >= 0.3 is 0 Å². The molecule has 1 fully saturated rings. The fourth-order valence-electron chi connectivity index (χ4n) is 5.51. The zero-order chi connectivity index (χ0) is 31.2. The molecular formula is C31H24ClN5O7. The van der Waals surface area contributed by atoms with Gasteiger partial charge in [-0.25, -0.2) is 4.98 Å². The molecule has 0 spiro atoms. The molecule has 1 aliphatic rings. The Bertz CT molecular complexity index is 1890. The molecule has 0 saturated carbocycles. The Morgan fingerprint density at radius 2 is 1.32 bits per heavy atom. The maximum absolute atomic E-state index is 14.4. The summed E-state index contributed by atoms with van der Waals surface area (Å²) in [5.74, 6) is -3.41. The van der Waals surface area contributed by atoms with Crippen molar-refractivity contribution < 1.29 is 34.4 Å². The number of anilines is 1. The lowest BCUT2D eigenvalue weighted by molar-refractivity contribution is -0.107. The molecule has 222 valence electrons. The van der Waals surface area contributed by atoms with Crippen molar-refractivity contribution in [3.63, 3.8) is 0 Å². The molecule has 5 atom stereocenters. The first-order valence-corrected chi connectivity index (χ1v) is 13.7. The van der Waals surface area contributed by atoms with E-state index in [1.807, 2.05) is 0 Å². The van der Waals surface area contributed by atoms with Gasteiger partial charge in [0.25, 0.3) is 0 Å². The van der Waals surface area contributed by atoms with E-state index in [4.69, 9.17) is 22.1 Å². The number of halogens is 1. The number of benzene rings is 3. The van der Waals surface area contributed by atoms with Crippen molar-refractivity contribution in [2.24, 2.45) is 0 Å². The van der Waals surface area contributed by atoms with Crippen molar-refractivity contribution in [2.45, 2.75) is 29.6 Å². The number of aliphatic hydroxyl groups is 3. The van der Waals surface area contributed by atoms with Gasteiger partial charge in [-0.05, 0) is 11.6 Å². The second kappa shape index (κ2) is 11.0. The van der Waals surface area contributed by atoms with Gasteiger partial charge in [0, 0.05) is 16.7 Å². The van der Waals surface area contributed by atoms with Gasteiger partial charge in [-0.3, -0.25) is 19.0 Å². The van der Waals surface area contributed by atoms with Gasteiger partial charge in [-0.2, -0.15) is 9.97 Å². The van der Waals surface area contributed by atoms with Gasteiger partial charge in [0.15, 0.2) is 29.1 Å². The van der Waals surface area contributed by atoms with Crippen LogP contribution in [0.2, 0.25) is 5.28 Å². The molecule has 0 bridgehead atoms. The monoisotopic (exact) mass is 613 g/mol.